The van der Waals surface area contributed by atoms with Crippen molar-refractivity contribution in [3.63, 3.8) is 0 Å². The van der Waals surface area contributed by atoms with E-state index in [0.29, 0.717) is 11.3 Å². The molecule has 5 nitrogen and oxygen atoms in total. The number of nitrogens with zero attached hydrogens (tertiary/aromatic N) is 1. The summed E-state index contributed by atoms with van der Waals surface area (Å²) in [5, 5.41) is 9.63. The maximum atomic E-state index is 13.9. The second-order valence-corrected chi connectivity index (χ2v) is 6.37. The number of amides is 1. The minimum atomic E-state index is -0.690. The zero-order valence-electron chi connectivity index (χ0n) is 14.2. The van der Waals surface area contributed by atoms with Gasteiger partial charge in [-0.05, 0) is 29.3 Å². The predicted octanol–water partition coefficient (Wildman–Crippen LogP) is 2.95. The quantitative estimate of drug-likeness (QED) is 0.867. The summed E-state index contributed by atoms with van der Waals surface area (Å²) in [6.07, 6.45) is -0.690. The van der Waals surface area contributed by atoms with E-state index in [2.05, 4.69) is 0 Å². The number of carbonyl (C=O) groups is 1. The molecule has 0 bridgehead atoms. The summed E-state index contributed by atoms with van der Waals surface area (Å²) in [5.74, 6) is -0.126. The molecule has 1 heterocycles. The van der Waals surface area contributed by atoms with Gasteiger partial charge in [-0.1, -0.05) is 35.9 Å². The predicted molar refractivity (Wildman–Crippen MR) is 94.5 cm³/mol. The van der Waals surface area contributed by atoms with Crippen LogP contribution in [-0.2, 0) is 16.1 Å². The first-order valence-electron chi connectivity index (χ1n) is 8.14. The number of hydrogen-bond donors (Lipinski definition) is 1. The number of ether oxygens (including phenoxy) is 2. The van der Waals surface area contributed by atoms with E-state index >= 15 is 0 Å². The molecule has 3 rings (SSSR count). The first-order valence-corrected chi connectivity index (χ1v) is 8.51. The molecule has 1 fully saturated rings. The van der Waals surface area contributed by atoms with Crippen LogP contribution in [0, 0.1) is 5.82 Å². The normalized spacial score (nSPS) is 20.3. The fraction of sp³-hybridized carbons (Fsp3) is 0.316. The van der Waals surface area contributed by atoms with E-state index in [1.165, 1.54) is 12.1 Å². The summed E-state index contributed by atoms with van der Waals surface area (Å²) in [6.45, 7) is -0.186. The van der Waals surface area contributed by atoms with Gasteiger partial charge in [0.25, 0.3) is 0 Å². The zero-order valence-corrected chi connectivity index (χ0v) is 14.9. The van der Waals surface area contributed by atoms with Crippen molar-refractivity contribution in [1.82, 2.24) is 4.90 Å². The monoisotopic (exact) mass is 379 g/mol. The van der Waals surface area contributed by atoms with Crippen LogP contribution in [0.15, 0.2) is 42.5 Å². The molecule has 138 valence electrons. The van der Waals surface area contributed by atoms with Gasteiger partial charge in [0.05, 0.1) is 24.8 Å². The summed E-state index contributed by atoms with van der Waals surface area (Å²) >= 11 is 6.14. The molecule has 1 saturated heterocycles. The molecule has 0 saturated carbocycles. The molecule has 1 N–H and O–H groups in total. The van der Waals surface area contributed by atoms with Gasteiger partial charge in [-0.25, -0.2) is 4.39 Å². The van der Waals surface area contributed by atoms with Crippen LogP contribution in [0.3, 0.4) is 0 Å². The summed E-state index contributed by atoms with van der Waals surface area (Å²) in [5.41, 5.74) is 1.28. The van der Waals surface area contributed by atoms with Gasteiger partial charge >= 0.3 is 0 Å². The Morgan fingerprint density at radius 2 is 2.04 bits per heavy atom. The fourth-order valence-corrected chi connectivity index (χ4v) is 3.33. The molecule has 2 atom stereocenters. The van der Waals surface area contributed by atoms with E-state index in [-0.39, 0.29) is 30.7 Å². The van der Waals surface area contributed by atoms with Crippen molar-refractivity contribution >= 4 is 17.5 Å². The van der Waals surface area contributed by atoms with Crippen LogP contribution in [0.1, 0.15) is 17.2 Å². The van der Waals surface area contributed by atoms with E-state index in [1.807, 2.05) is 12.1 Å². The highest BCUT2D eigenvalue weighted by molar-refractivity contribution is 6.31. The number of morpholine rings is 1. The largest absolute Gasteiger partial charge is 0.497 e. The first-order chi connectivity index (χ1) is 12.5. The average Bonchev–Trinajstić information content (AvgIpc) is 2.66. The van der Waals surface area contributed by atoms with E-state index in [9.17, 15) is 14.3 Å². The van der Waals surface area contributed by atoms with E-state index in [4.69, 9.17) is 21.1 Å². The highest BCUT2D eigenvalue weighted by Crippen LogP contribution is 2.36. The van der Waals surface area contributed by atoms with E-state index < -0.39 is 18.0 Å². The minimum absolute atomic E-state index is 0.0750. The van der Waals surface area contributed by atoms with Gasteiger partial charge in [-0.2, -0.15) is 0 Å². The van der Waals surface area contributed by atoms with Crippen molar-refractivity contribution in [2.24, 2.45) is 0 Å². The molecule has 2 aromatic rings. The van der Waals surface area contributed by atoms with Crippen molar-refractivity contribution in [3.8, 4) is 5.75 Å². The Bertz CT molecular complexity index is 784. The lowest BCUT2D eigenvalue weighted by Gasteiger charge is -2.41. The SMILES string of the molecule is COc1ccc(CN2C(=O)COC(CO)C2c2cccc(F)c2Cl)cc1. The average molecular weight is 380 g/mol. The number of methoxy groups -OCH3 is 1. The van der Waals surface area contributed by atoms with Gasteiger partial charge in [-0.3, -0.25) is 4.79 Å². The molecule has 0 aromatic heterocycles. The number of carbonyl (C=O) groups excluding carboxylic acids is 1. The van der Waals surface area contributed by atoms with Crippen molar-refractivity contribution < 1.29 is 23.8 Å². The highest BCUT2D eigenvalue weighted by atomic mass is 35.5. The molecule has 0 aliphatic carbocycles. The summed E-state index contributed by atoms with van der Waals surface area (Å²) in [6, 6.07) is 11.0. The lowest BCUT2D eigenvalue weighted by molar-refractivity contribution is -0.162. The number of aliphatic hydroxyl groups is 1. The third-order valence-electron chi connectivity index (χ3n) is 4.42. The lowest BCUT2D eigenvalue weighted by Crippen LogP contribution is -2.50. The minimum Gasteiger partial charge on any atom is -0.497 e. The van der Waals surface area contributed by atoms with Gasteiger partial charge in [0.2, 0.25) is 5.91 Å². The van der Waals surface area contributed by atoms with Crippen molar-refractivity contribution in [1.29, 1.82) is 0 Å². The van der Waals surface area contributed by atoms with Crippen molar-refractivity contribution in [3.05, 3.63) is 64.4 Å². The Hall–Kier alpha value is -2.15. The molecule has 0 radical (unpaired) electrons. The summed E-state index contributed by atoms with van der Waals surface area (Å²) < 4.78 is 24.6. The van der Waals surface area contributed by atoms with Gasteiger partial charge in [0.1, 0.15) is 24.3 Å². The first kappa shape index (κ1) is 18.6. The molecule has 26 heavy (non-hydrogen) atoms. The maximum absolute atomic E-state index is 13.9. The molecule has 0 spiro atoms. The Balaban J connectivity index is 1.97. The molecule has 1 aliphatic heterocycles. The van der Waals surface area contributed by atoms with Crippen LogP contribution < -0.4 is 4.74 Å². The third kappa shape index (κ3) is 3.67. The summed E-state index contributed by atoms with van der Waals surface area (Å²) in [4.78, 5) is 14.1. The number of aliphatic hydroxyl groups excluding tert-OH is 1. The number of hydrogen-bond acceptors (Lipinski definition) is 4. The maximum Gasteiger partial charge on any atom is 0.249 e. The van der Waals surface area contributed by atoms with Gasteiger partial charge < -0.3 is 19.5 Å². The molecular formula is C19H19ClFNO4. The molecule has 1 aliphatic rings. The van der Waals surface area contributed by atoms with Gasteiger partial charge in [-0.15, -0.1) is 0 Å². The van der Waals surface area contributed by atoms with Crippen LogP contribution in [0.5, 0.6) is 5.75 Å². The third-order valence-corrected chi connectivity index (χ3v) is 4.82. The van der Waals surface area contributed by atoms with Crippen molar-refractivity contribution in [2.45, 2.75) is 18.7 Å². The Morgan fingerprint density at radius 3 is 2.69 bits per heavy atom. The second kappa shape index (κ2) is 8.03. The topological polar surface area (TPSA) is 59.0 Å². The lowest BCUT2D eigenvalue weighted by atomic mass is 9.97. The number of rotatable bonds is 5. The summed E-state index contributed by atoms with van der Waals surface area (Å²) in [7, 11) is 1.58. The van der Waals surface area contributed by atoms with Gasteiger partial charge in [0, 0.05) is 6.54 Å². The molecule has 7 heteroatoms. The Morgan fingerprint density at radius 1 is 1.31 bits per heavy atom. The standard InChI is InChI=1S/C19H19ClFNO4/c1-25-13-7-5-12(6-8-13)9-22-17(24)11-26-16(10-23)19(22)14-3-2-4-15(21)18(14)20/h2-8,16,19,23H,9-11H2,1H3. The smallest absolute Gasteiger partial charge is 0.249 e. The number of benzene rings is 2. The van der Waals surface area contributed by atoms with E-state index in [1.54, 1.807) is 30.2 Å². The Kier molecular flexibility index (Phi) is 5.76. The van der Waals surface area contributed by atoms with Crippen LogP contribution in [-0.4, -0.2) is 42.3 Å². The zero-order chi connectivity index (χ0) is 18.7. The van der Waals surface area contributed by atoms with Crippen molar-refractivity contribution in [2.75, 3.05) is 20.3 Å². The van der Waals surface area contributed by atoms with Gasteiger partial charge in [0.15, 0.2) is 0 Å². The second-order valence-electron chi connectivity index (χ2n) is 5.99. The number of halogens is 2. The molecule has 1 amide bonds. The van der Waals surface area contributed by atoms with E-state index in [0.717, 1.165) is 5.56 Å². The molecular weight excluding hydrogens is 361 g/mol. The fourth-order valence-electron chi connectivity index (χ4n) is 3.09. The Labute approximate surface area is 155 Å². The highest BCUT2D eigenvalue weighted by Gasteiger charge is 2.38. The molecule has 2 aromatic carbocycles. The molecule has 2 unspecified atom stereocenters. The van der Waals surface area contributed by atoms with Crippen LogP contribution >= 0.6 is 11.6 Å². The van der Waals surface area contributed by atoms with Crippen LogP contribution in [0.25, 0.3) is 0 Å². The van der Waals surface area contributed by atoms with Crippen LogP contribution in [0.2, 0.25) is 5.02 Å². The van der Waals surface area contributed by atoms with Crippen LogP contribution in [0.4, 0.5) is 4.39 Å².